The van der Waals surface area contributed by atoms with Gasteiger partial charge in [0.25, 0.3) is 0 Å². The average molecular weight is 577 g/mol. The number of amides is 4. The first-order valence-corrected chi connectivity index (χ1v) is 14.6. The third-order valence-corrected chi connectivity index (χ3v) is 6.30. The van der Waals surface area contributed by atoms with Crippen LogP contribution in [0.15, 0.2) is 18.2 Å². The number of rotatable bonds is 15. The molecule has 10 nitrogen and oxygen atoms in total. The average Bonchev–Trinajstić information content (AvgIpc) is 2.82. The number of ether oxygens (including phenoxy) is 1. The molecule has 10 heteroatoms. The maximum atomic E-state index is 14.2. The van der Waals surface area contributed by atoms with Crippen LogP contribution in [0.2, 0.25) is 0 Å². The molecule has 4 amide bonds. The summed E-state index contributed by atoms with van der Waals surface area (Å²) in [4.78, 5) is 53.9. The number of hydrogen-bond donors (Lipinski definition) is 4. The van der Waals surface area contributed by atoms with Gasteiger partial charge in [0, 0.05) is 18.5 Å². The van der Waals surface area contributed by atoms with Crippen molar-refractivity contribution in [2.24, 2.45) is 5.73 Å². The third kappa shape index (κ3) is 13.7. The Morgan fingerprint density at radius 1 is 1.00 bits per heavy atom. The van der Waals surface area contributed by atoms with Crippen LogP contribution in [0.3, 0.4) is 0 Å². The Bertz CT molecular complexity index is 1030. The van der Waals surface area contributed by atoms with Crippen molar-refractivity contribution < 1.29 is 29.0 Å². The molecule has 1 aromatic carbocycles. The molecule has 2 atom stereocenters. The molecule has 0 bridgehead atoms. The maximum absolute atomic E-state index is 14.2. The van der Waals surface area contributed by atoms with Crippen LogP contribution in [-0.2, 0) is 19.1 Å². The largest absolute Gasteiger partial charge is 0.508 e. The van der Waals surface area contributed by atoms with Crippen molar-refractivity contribution in [3.8, 4) is 5.75 Å². The van der Waals surface area contributed by atoms with E-state index >= 15 is 0 Å². The highest BCUT2D eigenvalue weighted by Gasteiger charge is 2.37. The maximum Gasteiger partial charge on any atom is 0.408 e. The predicted molar refractivity (Wildman–Crippen MR) is 160 cm³/mol. The second-order valence-electron chi connectivity index (χ2n) is 12.7. The van der Waals surface area contributed by atoms with Gasteiger partial charge in [-0.15, -0.1) is 0 Å². The molecular formula is C31H52N4O6. The van der Waals surface area contributed by atoms with Crippen molar-refractivity contribution in [1.82, 2.24) is 15.5 Å². The SMILES string of the molecule is CCCCCCCCN(C(=O)C(CCC(N)=O)NC(=O)OC(C)(C)C)C(C(=O)NC(C)(C)C)c1ccc(O)c(C)c1. The fourth-order valence-electron chi connectivity index (χ4n) is 4.38. The highest BCUT2D eigenvalue weighted by Crippen LogP contribution is 2.28. The minimum absolute atomic E-state index is 0.0530. The fourth-order valence-corrected chi connectivity index (χ4v) is 4.38. The van der Waals surface area contributed by atoms with Crippen LogP contribution >= 0.6 is 0 Å². The zero-order chi connectivity index (χ0) is 31.4. The number of unbranched alkanes of at least 4 members (excludes halogenated alkanes) is 5. The summed E-state index contributed by atoms with van der Waals surface area (Å²) < 4.78 is 5.38. The number of primary amides is 1. The molecule has 0 fully saturated rings. The highest BCUT2D eigenvalue weighted by atomic mass is 16.6. The lowest BCUT2D eigenvalue weighted by atomic mass is 9.97. The molecule has 2 unspecified atom stereocenters. The molecule has 0 aromatic heterocycles. The van der Waals surface area contributed by atoms with Crippen LogP contribution in [0.5, 0.6) is 5.75 Å². The molecule has 0 aliphatic carbocycles. The number of carbonyl (C=O) groups excluding carboxylic acids is 4. The van der Waals surface area contributed by atoms with Crippen molar-refractivity contribution in [2.75, 3.05) is 6.54 Å². The van der Waals surface area contributed by atoms with Gasteiger partial charge in [-0.05, 0) is 84.6 Å². The number of nitrogens with one attached hydrogen (secondary N) is 2. The topological polar surface area (TPSA) is 151 Å². The summed E-state index contributed by atoms with van der Waals surface area (Å²) in [6, 6.07) is 2.60. The quantitative estimate of drug-likeness (QED) is 0.216. The summed E-state index contributed by atoms with van der Waals surface area (Å²) in [6.07, 6.45) is 4.80. The van der Waals surface area contributed by atoms with E-state index in [-0.39, 0.29) is 25.1 Å². The molecule has 41 heavy (non-hydrogen) atoms. The molecule has 0 aliphatic rings. The van der Waals surface area contributed by atoms with E-state index in [1.54, 1.807) is 39.8 Å². The van der Waals surface area contributed by atoms with Gasteiger partial charge in [-0.3, -0.25) is 14.4 Å². The van der Waals surface area contributed by atoms with Crippen molar-refractivity contribution in [3.05, 3.63) is 29.3 Å². The molecule has 0 saturated heterocycles. The molecule has 1 rings (SSSR count). The van der Waals surface area contributed by atoms with E-state index in [0.29, 0.717) is 17.5 Å². The van der Waals surface area contributed by atoms with E-state index in [4.69, 9.17) is 10.5 Å². The van der Waals surface area contributed by atoms with Gasteiger partial charge in [-0.2, -0.15) is 0 Å². The minimum Gasteiger partial charge on any atom is -0.508 e. The standard InChI is InChI=1S/C31H52N4O6/c1-9-10-11-12-13-14-19-35(28(39)23(16-18-25(32)37)33-29(40)41-31(6,7)8)26(27(38)34-30(3,4)5)22-15-17-24(36)21(2)20-22/h15,17,20,23,26,36H,9-14,16,18-19H2,1-8H3,(H2,32,37)(H,33,40)(H,34,38). The number of hydrogen-bond acceptors (Lipinski definition) is 6. The van der Waals surface area contributed by atoms with Gasteiger partial charge in [-0.1, -0.05) is 45.1 Å². The lowest BCUT2D eigenvalue weighted by Crippen LogP contribution is -2.55. The summed E-state index contributed by atoms with van der Waals surface area (Å²) in [6.45, 7) is 14.8. The van der Waals surface area contributed by atoms with Gasteiger partial charge in [-0.25, -0.2) is 4.79 Å². The van der Waals surface area contributed by atoms with Crippen molar-refractivity contribution in [1.29, 1.82) is 0 Å². The number of nitrogens with zero attached hydrogens (tertiary/aromatic N) is 1. The molecule has 5 N–H and O–H groups in total. The van der Waals surface area contributed by atoms with E-state index < -0.39 is 47.0 Å². The van der Waals surface area contributed by atoms with E-state index in [2.05, 4.69) is 17.6 Å². The second kappa shape index (κ2) is 16.2. The van der Waals surface area contributed by atoms with E-state index in [9.17, 15) is 24.3 Å². The van der Waals surface area contributed by atoms with Gasteiger partial charge in [0.15, 0.2) is 0 Å². The lowest BCUT2D eigenvalue weighted by molar-refractivity contribution is -0.143. The fraction of sp³-hybridized carbons (Fsp3) is 0.677. The number of benzene rings is 1. The summed E-state index contributed by atoms with van der Waals surface area (Å²) in [7, 11) is 0. The molecule has 0 spiro atoms. The van der Waals surface area contributed by atoms with Gasteiger partial charge in [0.2, 0.25) is 17.7 Å². The summed E-state index contributed by atoms with van der Waals surface area (Å²) >= 11 is 0. The zero-order valence-corrected chi connectivity index (χ0v) is 26.3. The van der Waals surface area contributed by atoms with E-state index in [1.807, 2.05) is 20.8 Å². The van der Waals surface area contributed by atoms with E-state index in [1.165, 1.54) is 11.0 Å². The first-order valence-electron chi connectivity index (χ1n) is 14.6. The third-order valence-electron chi connectivity index (χ3n) is 6.30. The van der Waals surface area contributed by atoms with Crippen molar-refractivity contribution in [3.63, 3.8) is 0 Å². The molecule has 0 saturated carbocycles. The summed E-state index contributed by atoms with van der Waals surface area (Å²) in [5.74, 6) is -1.46. The Hall–Kier alpha value is -3.30. The number of aromatic hydroxyl groups is 1. The van der Waals surface area contributed by atoms with Gasteiger partial charge >= 0.3 is 6.09 Å². The van der Waals surface area contributed by atoms with Crippen molar-refractivity contribution in [2.45, 2.75) is 130 Å². The van der Waals surface area contributed by atoms with Crippen LogP contribution in [0.1, 0.15) is 117 Å². The van der Waals surface area contributed by atoms with Gasteiger partial charge in [0.1, 0.15) is 23.4 Å². The van der Waals surface area contributed by atoms with Crippen molar-refractivity contribution >= 4 is 23.8 Å². The van der Waals surface area contributed by atoms with Crippen LogP contribution in [0, 0.1) is 6.92 Å². The minimum atomic E-state index is -1.15. The predicted octanol–water partition coefficient (Wildman–Crippen LogP) is 5.00. The second-order valence-corrected chi connectivity index (χ2v) is 12.7. The smallest absolute Gasteiger partial charge is 0.408 e. The molecule has 0 radical (unpaired) electrons. The Morgan fingerprint density at radius 3 is 2.15 bits per heavy atom. The summed E-state index contributed by atoms with van der Waals surface area (Å²) in [5, 5.41) is 15.8. The number of phenolic OH excluding ortho intramolecular Hbond substituents is 1. The number of phenols is 1. The number of nitrogens with two attached hydrogens (primary N) is 1. The van der Waals surface area contributed by atoms with Crippen LogP contribution in [0.4, 0.5) is 4.79 Å². The lowest BCUT2D eigenvalue weighted by Gasteiger charge is -2.36. The van der Waals surface area contributed by atoms with E-state index in [0.717, 1.165) is 32.1 Å². The molecule has 0 heterocycles. The molecule has 232 valence electrons. The first kappa shape index (κ1) is 35.7. The first-order chi connectivity index (χ1) is 18.9. The Balaban J connectivity index is 3.56. The molecular weight excluding hydrogens is 524 g/mol. The Kier molecular flexibility index (Phi) is 14.1. The van der Waals surface area contributed by atoms with Gasteiger partial charge in [0.05, 0.1) is 0 Å². The molecule has 1 aromatic rings. The number of alkyl carbamates (subject to hydrolysis) is 1. The number of aryl methyl sites for hydroxylation is 1. The summed E-state index contributed by atoms with van der Waals surface area (Å²) in [5.41, 5.74) is 5.07. The van der Waals surface area contributed by atoms with Crippen LogP contribution in [0.25, 0.3) is 0 Å². The molecule has 0 aliphatic heterocycles. The van der Waals surface area contributed by atoms with Crippen LogP contribution in [-0.4, -0.2) is 57.5 Å². The Labute approximate surface area is 245 Å². The van der Waals surface area contributed by atoms with Crippen LogP contribution < -0.4 is 16.4 Å². The highest BCUT2D eigenvalue weighted by molar-refractivity contribution is 5.92. The van der Waals surface area contributed by atoms with Gasteiger partial charge < -0.3 is 31.1 Å². The monoisotopic (exact) mass is 576 g/mol. The number of carbonyl (C=O) groups is 4. The zero-order valence-electron chi connectivity index (χ0n) is 26.3. The normalized spacial score (nSPS) is 13.2. The Morgan fingerprint density at radius 2 is 1.61 bits per heavy atom.